The van der Waals surface area contributed by atoms with E-state index in [1.165, 1.54) is 38.9 Å². The van der Waals surface area contributed by atoms with Gasteiger partial charge in [0.2, 0.25) is 0 Å². The predicted molar refractivity (Wildman–Crippen MR) is 76.4 cm³/mol. The van der Waals surface area contributed by atoms with Gasteiger partial charge in [0.1, 0.15) is 0 Å². The van der Waals surface area contributed by atoms with E-state index in [0.29, 0.717) is 11.5 Å². The van der Waals surface area contributed by atoms with E-state index in [9.17, 15) is 0 Å². The van der Waals surface area contributed by atoms with Crippen molar-refractivity contribution in [2.45, 2.75) is 59.9 Å². The Balaban J connectivity index is 2.14. The van der Waals surface area contributed by atoms with Gasteiger partial charge in [-0.3, -0.25) is 0 Å². The van der Waals surface area contributed by atoms with Gasteiger partial charge in [0, 0.05) is 25.7 Å². The Morgan fingerprint density at radius 2 is 2.06 bits per heavy atom. The van der Waals surface area contributed by atoms with E-state index in [0.717, 1.165) is 12.5 Å². The first kappa shape index (κ1) is 15.0. The summed E-state index contributed by atoms with van der Waals surface area (Å²) in [6, 6.07) is 0.681. The molecule has 1 aliphatic rings. The molecule has 1 N–H and O–H groups in total. The highest BCUT2D eigenvalue weighted by Crippen LogP contribution is 2.33. The maximum absolute atomic E-state index is 3.62. The van der Waals surface area contributed by atoms with Crippen molar-refractivity contribution in [1.82, 2.24) is 10.2 Å². The second kappa shape index (κ2) is 6.75. The third kappa shape index (κ3) is 5.39. The predicted octanol–water partition coefficient (Wildman–Crippen LogP) is 3.13. The van der Waals surface area contributed by atoms with Crippen molar-refractivity contribution >= 4 is 0 Å². The molecule has 0 aromatic carbocycles. The third-order valence-corrected chi connectivity index (χ3v) is 4.14. The lowest BCUT2D eigenvalue weighted by Gasteiger charge is -2.27. The van der Waals surface area contributed by atoms with Crippen LogP contribution in [0.2, 0.25) is 0 Å². The molecule has 1 aliphatic heterocycles. The first-order valence-corrected chi connectivity index (χ1v) is 7.39. The number of nitrogens with zero attached hydrogens (tertiary/aromatic N) is 1. The Labute approximate surface area is 108 Å². The van der Waals surface area contributed by atoms with Crippen LogP contribution < -0.4 is 5.32 Å². The summed E-state index contributed by atoms with van der Waals surface area (Å²) in [7, 11) is 0. The van der Waals surface area contributed by atoms with Crippen molar-refractivity contribution in [3.63, 3.8) is 0 Å². The van der Waals surface area contributed by atoms with E-state index in [2.05, 4.69) is 44.8 Å². The molecule has 0 aliphatic carbocycles. The van der Waals surface area contributed by atoms with Gasteiger partial charge in [-0.25, -0.2) is 0 Å². The Bertz CT molecular complexity index is 207. The molecule has 0 bridgehead atoms. The van der Waals surface area contributed by atoms with Gasteiger partial charge in [0.15, 0.2) is 0 Å². The first-order valence-electron chi connectivity index (χ1n) is 7.39. The van der Waals surface area contributed by atoms with Gasteiger partial charge >= 0.3 is 0 Å². The largest absolute Gasteiger partial charge is 0.313 e. The molecule has 0 saturated carbocycles. The Hall–Kier alpha value is -0.0800. The lowest BCUT2D eigenvalue weighted by Crippen LogP contribution is -2.35. The summed E-state index contributed by atoms with van der Waals surface area (Å²) >= 11 is 0. The zero-order valence-corrected chi connectivity index (χ0v) is 12.6. The van der Waals surface area contributed by atoms with Crippen molar-refractivity contribution in [2.75, 3.05) is 26.2 Å². The average molecular weight is 240 g/mol. The molecular weight excluding hydrogens is 208 g/mol. The van der Waals surface area contributed by atoms with Crippen LogP contribution in [0.3, 0.4) is 0 Å². The van der Waals surface area contributed by atoms with Gasteiger partial charge < -0.3 is 10.2 Å². The van der Waals surface area contributed by atoms with Crippen molar-refractivity contribution in [1.29, 1.82) is 0 Å². The smallest absolute Gasteiger partial charge is 0.0107 e. The molecule has 2 heteroatoms. The minimum Gasteiger partial charge on any atom is -0.313 e. The fourth-order valence-electron chi connectivity index (χ4n) is 2.75. The summed E-state index contributed by atoms with van der Waals surface area (Å²) in [6.45, 7) is 16.7. The normalized spacial score (nSPS) is 24.2. The van der Waals surface area contributed by atoms with E-state index < -0.39 is 0 Å². The second-order valence-corrected chi connectivity index (χ2v) is 6.80. The summed E-state index contributed by atoms with van der Waals surface area (Å²) in [5.74, 6) is 0.885. The fourth-order valence-corrected chi connectivity index (χ4v) is 2.75. The highest BCUT2D eigenvalue weighted by Gasteiger charge is 2.31. The monoisotopic (exact) mass is 240 g/mol. The van der Waals surface area contributed by atoms with Crippen LogP contribution in [0, 0.1) is 11.3 Å². The SMILES string of the molecule is CCCC(C)NCCN1CCC(C(C)(C)C)C1. The molecule has 0 spiro atoms. The summed E-state index contributed by atoms with van der Waals surface area (Å²) in [5.41, 5.74) is 0.484. The van der Waals surface area contributed by atoms with Crippen LogP contribution in [-0.2, 0) is 0 Å². The molecule has 2 nitrogen and oxygen atoms in total. The molecule has 0 amide bonds. The first-order chi connectivity index (χ1) is 7.93. The standard InChI is InChI=1S/C15H32N2/c1-6-7-13(2)16-9-11-17-10-8-14(12-17)15(3,4)5/h13-14,16H,6-12H2,1-5H3. The third-order valence-electron chi connectivity index (χ3n) is 4.14. The molecular formula is C15H32N2. The summed E-state index contributed by atoms with van der Waals surface area (Å²) in [6.07, 6.45) is 3.96. The number of rotatable bonds is 6. The average Bonchev–Trinajstić information content (AvgIpc) is 2.66. The molecule has 2 atom stereocenters. The highest BCUT2D eigenvalue weighted by atomic mass is 15.2. The van der Waals surface area contributed by atoms with Crippen LogP contribution in [0.25, 0.3) is 0 Å². The van der Waals surface area contributed by atoms with Crippen LogP contribution in [0.15, 0.2) is 0 Å². The van der Waals surface area contributed by atoms with Gasteiger partial charge in [0.05, 0.1) is 0 Å². The number of hydrogen-bond acceptors (Lipinski definition) is 2. The van der Waals surface area contributed by atoms with Gasteiger partial charge in [-0.15, -0.1) is 0 Å². The Morgan fingerprint density at radius 3 is 2.59 bits per heavy atom. The molecule has 17 heavy (non-hydrogen) atoms. The topological polar surface area (TPSA) is 15.3 Å². The molecule has 1 saturated heterocycles. The number of nitrogens with one attached hydrogen (secondary N) is 1. The van der Waals surface area contributed by atoms with Crippen molar-refractivity contribution in [2.24, 2.45) is 11.3 Å². The van der Waals surface area contributed by atoms with E-state index >= 15 is 0 Å². The molecule has 2 unspecified atom stereocenters. The lowest BCUT2D eigenvalue weighted by molar-refractivity contribution is 0.228. The number of likely N-dealkylation sites (tertiary alicyclic amines) is 1. The zero-order valence-electron chi connectivity index (χ0n) is 12.6. The zero-order chi connectivity index (χ0) is 12.9. The van der Waals surface area contributed by atoms with Crippen LogP contribution in [0.5, 0.6) is 0 Å². The highest BCUT2D eigenvalue weighted by molar-refractivity contribution is 4.84. The number of hydrogen-bond donors (Lipinski definition) is 1. The molecule has 0 aromatic heterocycles. The van der Waals surface area contributed by atoms with Crippen molar-refractivity contribution < 1.29 is 0 Å². The van der Waals surface area contributed by atoms with Gasteiger partial charge in [-0.05, 0) is 37.6 Å². The minimum absolute atomic E-state index is 0.484. The maximum atomic E-state index is 3.62. The molecule has 1 fully saturated rings. The van der Waals surface area contributed by atoms with Crippen LogP contribution in [0.4, 0.5) is 0 Å². The van der Waals surface area contributed by atoms with Crippen LogP contribution in [0.1, 0.15) is 53.9 Å². The Morgan fingerprint density at radius 1 is 1.35 bits per heavy atom. The van der Waals surface area contributed by atoms with Gasteiger partial charge in [0.25, 0.3) is 0 Å². The molecule has 0 aromatic rings. The quantitative estimate of drug-likeness (QED) is 0.767. The van der Waals surface area contributed by atoms with Crippen molar-refractivity contribution in [3.8, 4) is 0 Å². The lowest BCUT2D eigenvalue weighted by atomic mass is 9.80. The molecule has 0 radical (unpaired) electrons. The molecule has 1 rings (SSSR count). The summed E-state index contributed by atoms with van der Waals surface area (Å²) < 4.78 is 0. The molecule has 102 valence electrons. The maximum Gasteiger partial charge on any atom is 0.0107 e. The van der Waals surface area contributed by atoms with E-state index in [-0.39, 0.29) is 0 Å². The Kier molecular flexibility index (Phi) is 5.94. The molecule has 1 heterocycles. The second-order valence-electron chi connectivity index (χ2n) is 6.80. The van der Waals surface area contributed by atoms with E-state index in [1.807, 2.05) is 0 Å². The van der Waals surface area contributed by atoms with Gasteiger partial charge in [-0.1, -0.05) is 34.1 Å². The van der Waals surface area contributed by atoms with Gasteiger partial charge in [-0.2, -0.15) is 0 Å². The van der Waals surface area contributed by atoms with Crippen molar-refractivity contribution in [3.05, 3.63) is 0 Å². The minimum atomic E-state index is 0.484. The summed E-state index contributed by atoms with van der Waals surface area (Å²) in [5, 5.41) is 3.62. The van der Waals surface area contributed by atoms with Crippen LogP contribution in [-0.4, -0.2) is 37.1 Å². The van der Waals surface area contributed by atoms with E-state index in [4.69, 9.17) is 0 Å². The fraction of sp³-hybridized carbons (Fsp3) is 1.00. The van der Waals surface area contributed by atoms with Crippen LogP contribution >= 0.6 is 0 Å². The summed E-state index contributed by atoms with van der Waals surface area (Å²) in [4.78, 5) is 2.63. The van der Waals surface area contributed by atoms with E-state index in [1.54, 1.807) is 0 Å².